The van der Waals surface area contributed by atoms with E-state index in [2.05, 4.69) is 15.2 Å². The summed E-state index contributed by atoms with van der Waals surface area (Å²) in [6.45, 7) is 0. The van der Waals surface area contributed by atoms with Crippen LogP contribution in [0, 0.1) is 17.6 Å². The molecule has 0 atom stereocenters. The van der Waals surface area contributed by atoms with Crippen LogP contribution < -0.4 is 0 Å². The van der Waals surface area contributed by atoms with E-state index in [9.17, 15) is 18.0 Å². The van der Waals surface area contributed by atoms with Crippen molar-refractivity contribution in [2.45, 2.75) is 0 Å². The van der Waals surface area contributed by atoms with E-state index in [0.29, 0.717) is 6.07 Å². The number of aromatic nitrogens is 4. The summed E-state index contributed by atoms with van der Waals surface area (Å²) in [6, 6.07) is 4.11. The van der Waals surface area contributed by atoms with E-state index < -0.39 is 23.6 Å². The molecule has 0 aliphatic heterocycles. The van der Waals surface area contributed by atoms with Gasteiger partial charge < -0.3 is 5.11 Å². The van der Waals surface area contributed by atoms with Gasteiger partial charge in [0.05, 0.1) is 11.1 Å². The highest BCUT2D eigenvalue weighted by atomic mass is 35.5. The fourth-order valence-electron chi connectivity index (χ4n) is 2.80. The van der Waals surface area contributed by atoms with Gasteiger partial charge in [-0.25, -0.2) is 18.6 Å². The van der Waals surface area contributed by atoms with Crippen LogP contribution in [0.15, 0.2) is 36.7 Å². The largest absolute Gasteiger partial charge is 0.478 e. The van der Waals surface area contributed by atoms with E-state index in [1.54, 1.807) is 0 Å². The molecule has 0 bridgehead atoms. The molecule has 2 N–H and O–H groups in total. The smallest absolute Gasteiger partial charge is 0.335 e. The number of carbonyl (C=O) groups is 1. The van der Waals surface area contributed by atoms with Crippen molar-refractivity contribution in [2.24, 2.45) is 0 Å². The summed E-state index contributed by atoms with van der Waals surface area (Å²) >= 11 is 6.28. The highest BCUT2D eigenvalue weighted by molar-refractivity contribution is 6.32. The van der Waals surface area contributed by atoms with Crippen molar-refractivity contribution in [2.75, 3.05) is 0 Å². The molecule has 0 aliphatic rings. The molecule has 0 spiro atoms. The Hall–Kier alpha value is -3.33. The van der Waals surface area contributed by atoms with Crippen LogP contribution in [0.5, 0.6) is 0 Å². The number of fused-ring (bicyclic) bond motifs is 1. The van der Waals surface area contributed by atoms with Crippen molar-refractivity contribution >= 4 is 23.2 Å². The number of nitrogens with one attached hydrogen (secondary N) is 1. The molecular weight excluding hydrogens is 385 g/mol. The van der Waals surface area contributed by atoms with Crippen molar-refractivity contribution in [3.8, 4) is 22.4 Å². The van der Waals surface area contributed by atoms with Crippen LogP contribution in [0.1, 0.15) is 10.4 Å². The van der Waals surface area contributed by atoms with Gasteiger partial charge in [0.25, 0.3) is 0 Å². The topological polar surface area (TPSA) is 83.3 Å². The molecule has 4 aromatic rings. The first-order chi connectivity index (χ1) is 12.9. The normalized spacial score (nSPS) is 11.3. The Morgan fingerprint density at radius 1 is 1.19 bits per heavy atom. The molecule has 136 valence electrons. The maximum Gasteiger partial charge on any atom is 0.335 e. The maximum absolute atomic E-state index is 14.6. The number of hydrogen-bond donors (Lipinski definition) is 2. The van der Waals surface area contributed by atoms with E-state index in [4.69, 9.17) is 16.7 Å². The van der Waals surface area contributed by atoms with Gasteiger partial charge in [0, 0.05) is 29.6 Å². The first-order valence-corrected chi connectivity index (χ1v) is 7.84. The average molecular weight is 393 g/mol. The Kier molecular flexibility index (Phi) is 3.88. The molecule has 4 rings (SSSR count). The Bertz CT molecular complexity index is 1220. The van der Waals surface area contributed by atoms with Gasteiger partial charge in [0.1, 0.15) is 28.1 Å². The number of halogens is 4. The molecule has 0 unspecified atom stereocenters. The van der Waals surface area contributed by atoms with Gasteiger partial charge in [0.15, 0.2) is 0 Å². The zero-order valence-corrected chi connectivity index (χ0v) is 13.9. The number of benzene rings is 1. The number of rotatable bonds is 3. The molecule has 0 radical (unpaired) electrons. The number of hydrogen-bond acceptors (Lipinski definition) is 3. The third kappa shape index (κ3) is 2.72. The SMILES string of the molecule is O=C(O)c1ccn2c(Cl)c(-c3c(F)cc(F)cc3-c3c[nH]nc3F)nc2c1. The molecule has 3 heterocycles. The Labute approximate surface area is 153 Å². The minimum absolute atomic E-state index is 0.0439. The number of aromatic amines is 1. The van der Waals surface area contributed by atoms with E-state index in [1.807, 2.05) is 0 Å². The average Bonchev–Trinajstić information content (AvgIpc) is 3.17. The van der Waals surface area contributed by atoms with Crippen molar-refractivity contribution in [1.29, 1.82) is 0 Å². The van der Waals surface area contributed by atoms with Gasteiger partial charge in [0.2, 0.25) is 5.95 Å². The molecule has 10 heteroatoms. The third-order valence-corrected chi connectivity index (χ3v) is 4.35. The van der Waals surface area contributed by atoms with E-state index in [-0.39, 0.29) is 38.7 Å². The van der Waals surface area contributed by atoms with Crippen LogP contribution in [-0.4, -0.2) is 30.7 Å². The Morgan fingerprint density at radius 2 is 1.96 bits per heavy atom. The number of imidazole rings is 1. The summed E-state index contributed by atoms with van der Waals surface area (Å²) < 4.78 is 43.7. The Balaban J connectivity index is 2.03. The second kappa shape index (κ2) is 6.13. The van der Waals surface area contributed by atoms with Gasteiger partial charge in [-0.2, -0.15) is 4.39 Å². The van der Waals surface area contributed by atoms with Crippen LogP contribution in [0.2, 0.25) is 5.15 Å². The first-order valence-electron chi connectivity index (χ1n) is 7.46. The Morgan fingerprint density at radius 3 is 2.63 bits per heavy atom. The summed E-state index contributed by atoms with van der Waals surface area (Å²) in [5.41, 5.74) is -0.534. The molecule has 3 aromatic heterocycles. The number of carboxylic acids is 1. The molecule has 6 nitrogen and oxygen atoms in total. The molecule has 27 heavy (non-hydrogen) atoms. The number of H-pyrrole nitrogens is 1. The second-order valence-electron chi connectivity index (χ2n) is 5.60. The lowest BCUT2D eigenvalue weighted by Crippen LogP contribution is -1.97. The van der Waals surface area contributed by atoms with Crippen LogP contribution in [0.3, 0.4) is 0 Å². The van der Waals surface area contributed by atoms with Gasteiger partial charge >= 0.3 is 5.97 Å². The van der Waals surface area contributed by atoms with Gasteiger partial charge in [-0.1, -0.05) is 11.6 Å². The summed E-state index contributed by atoms with van der Waals surface area (Å²) in [6.07, 6.45) is 2.51. The minimum atomic E-state index is -1.17. The number of aromatic carboxylic acids is 1. The lowest BCUT2D eigenvalue weighted by molar-refractivity contribution is 0.0697. The summed E-state index contributed by atoms with van der Waals surface area (Å²) in [5.74, 6) is -4.05. The molecule has 0 fully saturated rings. The standard InChI is InChI=1S/C17H8ClF3N4O2/c18-15-14(23-12-3-7(17(26)27)1-2-25(12)15)13-9(4-8(19)5-11(13)20)10-6-22-24-16(10)21/h1-6H,(H,22,24)(H,26,27). The van der Waals surface area contributed by atoms with Crippen LogP contribution in [0.25, 0.3) is 28.0 Å². The predicted molar refractivity (Wildman–Crippen MR) is 90.1 cm³/mol. The summed E-state index contributed by atoms with van der Waals surface area (Å²) in [4.78, 5) is 15.3. The monoisotopic (exact) mass is 392 g/mol. The molecular formula is C17H8ClF3N4O2. The third-order valence-electron chi connectivity index (χ3n) is 3.99. The van der Waals surface area contributed by atoms with Gasteiger partial charge in [-0.15, -0.1) is 5.10 Å². The summed E-state index contributed by atoms with van der Waals surface area (Å²) in [7, 11) is 0. The lowest BCUT2D eigenvalue weighted by Gasteiger charge is -2.08. The van der Waals surface area contributed by atoms with Gasteiger partial charge in [-0.3, -0.25) is 9.50 Å². The maximum atomic E-state index is 14.6. The minimum Gasteiger partial charge on any atom is -0.478 e. The number of carboxylic acid groups (broad SMARTS) is 1. The fraction of sp³-hybridized carbons (Fsp3) is 0. The summed E-state index contributed by atoms with van der Waals surface area (Å²) in [5, 5.41) is 14.6. The molecule has 0 aliphatic carbocycles. The highest BCUT2D eigenvalue weighted by Crippen LogP contribution is 2.39. The molecule has 0 saturated heterocycles. The fourth-order valence-corrected chi connectivity index (χ4v) is 3.08. The van der Waals surface area contributed by atoms with Crippen LogP contribution >= 0.6 is 11.6 Å². The van der Waals surface area contributed by atoms with E-state index in [0.717, 1.165) is 12.3 Å². The van der Waals surface area contributed by atoms with Crippen molar-refractivity contribution in [3.05, 3.63) is 65.0 Å². The van der Waals surface area contributed by atoms with E-state index >= 15 is 0 Å². The van der Waals surface area contributed by atoms with Crippen molar-refractivity contribution in [3.63, 3.8) is 0 Å². The molecule has 1 aromatic carbocycles. The predicted octanol–water partition coefficient (Wildman–Crippen LogP) is 4.16. The van der Waals surface area contributed by atoms with Gasteiger partial charge in [-0.05, 0) is 18.2 Å². The van der Waals surface area contributed by atoms with Crippen LogP contribution in [-0.2, 0) is 0 Å². The molecule has 0 saturated carbocycles. The second-order valence-corrected chi connectivity index (χ2v) is 5.96. The van der Waals surface area contributed by atoms with Crippen molar-refractivity contribution in [1.82, 2.24) is 19.6 Å². The van der Waals surface area contributed by atoms with Crippen molar-refractivity contribution < 1.29 is 23.1 Å². The zero-order valence-electron chi connectivity index (χ0n) is 13.2. The molecule has 0 amide bonds. The quantitative estimate of drug-likeness (QED) is 0.548. The van der Waals surface area contributed by atoms with E-state index in [1.165, 1.54) is 22.7 Å². The number of pyridine rings is 1. The highest BCUT2D eigenvalue weighted by Gasteiger charge is 2.24. The first kappa shape index (κ1) is 17.1. The lowest BCUT2D eigenvalue weighted by atomic mass is 9.99. The zero-order chi connectivity index (χ0) is 19.3. The van der Waals surface area contributed by atoms with Crippen LogP contribution in [0.4, 0.5) is 13.2 Å². The number of nitrogens with zero attached hydrogens (tertiary/aromatic N) is 3.